The molecule has 0 aliphatic rings. The molecule has 2 aromatic rings. The summed E-state index contributed by atoms with van der Waals surface area (Å²) in [6.07, 6.45) is -3.82. The number of benzene rings is 1. The molecule has 0 saturated carbocycles. The third-order valence-electron chi connectivity index (χ3n) is 3.28. The average Bonchev–Trinajstić information content (AvgIpc) is 2.48. The first-order valence-electron chi connectivity index (χ1n) is 6.39. The van der Waals surface area contributed by atoms with Gasteiger partial charge in [0.25, 0.3) is 0 Å². The number of halogens is 3. The zero-order valence-corrected chi connectivity index (χ0v) is 11.1. The van der Waals surface area contributed by atoms with Crippen LogP contribution in [0.5, 0.6) is 0 Å². The quantitative estimate of drug-likeness (QED) is 0.912. The van der Waals surface area contributed by atoms with Crippen molar-refractivity contribution < 1.29 is 18.3 Å². The van der Waals surface area contributed by atoms with Crippen LogP contribution < -0.4 is 5.73 Å². The maximum absolute atomic E-state index is 12.5. The second-order valence-electron chi connectivity index (χ2n) is 4.66. The van der Waals surface area contributed by atoms with Crippen molar-refractivity contribution in [2.45, 2.75) is 18.2 Å². The Bertz CT molecular complexity index is 570. The summed E-state index contributed by atoms with van der Waals surface area (Å²) in [5.74, 6) is -0.470. The number of pyridine rings is 1. The fourth-order valence-corrected chi connectivity index (χ4v) is 2.11. The minimum atomic E-state index is -4.39. The van der Waals surface area contributed by atoms with Gasteiger partial charge in [0.1, 0.15) is 0 Å². The van der Waals surface area contributed by atoms with E-state index in [0.717, 1.165) is 12.1 Å². The molecule has 2 atom stereocenters. The van der Waals surface area contributed by atoms with Gasteiger partial charge >= 0.3 is 6.18 Å². The Labute approximate surface area is 120 Å². The molecule has 2 unspecified atom stereocenters. The van der Waals surface area contributed by atoms with E-state index in [1.807, 2.05) is 0 Å². The minimum absolute atomic E-state index is 0.138. The van der Waals surface area contributed by atoms with Crippen molar-refractivity contribution in [1.29, 1.82) is 0 Å². The van der Waals surface area contributed by atoms with Crippen LogP contribution in [0.1, 0.15) is 28.8 Å². The molecule has 0 radical (unpaired) electrons. The Morgan fingerprint density at radius 3 is 2.24 bits per heavy atom. The van der Waals surface area contributed by atoms with Crippen LogP contribution in [0.15, 0.2) is 48.7 Å². The van der Waals surface area contributed by atoms with E-state index in [1.165, 1.54) is 12.1 Å². The smallest absolute Gasteiger partial charge is 0.388 e. The molecule has 0 fully saturated rings. The van der Waals surface area contributed by atoms with Crippen LogP contribution in [0.3, 0.4) is 0 Å². The van der Waals surface area contributed by atoms with E-state index in [2.05, 4.69) is 4.98 Å². The molecule has 112 valence electrons. The number of aromatic nitrogens is 1. The maximum Gasteiger partial charge on any atom is 0.416 e. The molecule has 0 amide bonds. The summed E-state index contributed by atoms with van der Waals surface area (Å²) < 4.78 is 37.6. The monoisotopic (exact) mass is 296 g/mol. The maximum atomic E-state index is 12.5. The van der Waals surface area contributed by atoms with Crippen LogP contribution in [-0.2, 0) is 6.18 Å². The predicted molar refractivity (Wildman–Crippen MR) is 72.4 cm³/mol. The van der Waals surface area contributed by atoms with E-state index in [0.29, 0.717) is 11.3 Å². The number of aliphatic hydroxyl groups excluding tert-OH is 1. The van der Waals surface area contributed by atoms with Gasteiger partial charge in [-0.15, -0.1) is 0 Å². The second-order valence-corrected chi connectivity index (χ2v) is 4.66. The first-order valence-corrected chi connectivity index (χ1v) is 6.39. The molecule has 0 aliphatic heterocycles. The van der Waals surface area contributed by atoms with E-state index in [4.69, 9.17) is 5.73 Å². The van der Waals surface area contributed by atoms with Gasteiger partial charge in [0, 0.05) is 24.4 Å². The molecule has 1 aromatic carbocycles. The van der Waals surface area contributed by atoms with Crippen LogP contribution in [0.25, 0.3) is 0 Å². The van der Waals surface area contributed by atoms with E-state index in [1.54, 1.807) is 24.4 Å². The largest absolute Gasteiger partial charge is 0.416 e. The van der Waals surface area contributed by atoms with Crippen molar-refractivity contribution in [3.63, 3.8) is 0 Å². The van der Waals surface area contributed by atoms with Crippen LogP contribution in [0.4, 0.5) is 13.2 Å². The van der Waals surface area contributed by atoms with Gasteiger partial charge in [-0.25, -0.2) is 0 Å². The molecule has 21 heavy (non-hydrogen) atoms. The van der Waals surface area contributed by atoms with Crippen LogP contribution in [-0.4, -0.2) is 16.6 Å². The third-order valence-corrected chi connectivity index (χ3v) is 3.28. The van der Waals surface area contributed by atoms with Gasteiger partial charge in [-0.1, -0.05) is 18.2 Å². The van der Waals surface area contributed by atoms with Crippen molar-refractivity contribution in [2.75, 3.05) is 6.54 Å². The average molecular weight is 296 g/mol. The molecule has 3 nitrogen and oxygen atoms in total. The summed E-state index contributed by atoms with van der Waals surface area (Å²) >= 11 is 0. The van der Waals surface area contributed by atoms with E-state index in [-0.39, 0.29) is 6.54 Å². The summed E-state index contributed by atoms with van der Waals surface area (Å²) in [4.78, 5) is 4.13. The van der Waals surface area contributed by atoms with Crippen molar-refractivity contribution >= 4 is 0 Å². The highest BCUT2D eigenvalue weighted by molar-refractivity contribution is 5.28. The lowest BCUT2D eigenvalue weighted by molar-refractivity contribution is -0.137. The number of alkyl halides is 3. The van der Waals surface area contributed by atoms with Gasteiger partial charge in [-0.05, 0) is 29.8 Å². The third kappa shape index (κ3) is 3.59. The lowest BCUT2D eigenvalue weighted by Gasteiger charge is -2.21. The minimum Gasteiger partial charge on any atom is -0.388 e. The summed E-state index contributed by atoms with van der Waals surface area (Å²) in [5.41, 5.74) is 5.90. The lowest BCUT2D eigenvalue weighted by atomic mass is 9.92. The fraction of sp³-hybridized carbons (Fsp3) is 0.267. The molecule has 3 N–H and O–H groups in total. The number of hydrogen-bond acceptors (Lipinski definition) is 3. The van der Waals surface area contributed by atoms with Crippen LogP contribution >= 0.6 is 0 Å². The zero-order chi connectivity index (χ0) is 15.5. The zero-order valence-electron chi connectivity index (χ0n) is 11.1. The molecular formula is C15H15F3N2O. The van der Waals surface area contributed by atoms with Gasteiger partial charge in [-0.2, -0.15) is 13.2 Å². The Morgan fingerprint density at radius 2 is 1.76 bits per heavy atom. The normalized spacial score (nSPS) is 14.7. The van der Waals surface area contributed by atoms with Crippen molar-refractivity contribution in [1.82, 2.24) is 4.98 Å². The summed E-state index contributed by atoms with van der Waals surface area (Å²) in [7, 11) is 0. The Kier molecular flexibility index (Phi) is 4.59. The number of nitrogens with two attached hydrogens (primary N) is 1. The van der Waals surface area contributed by atoms with Crippen LogP contribution in [0, 0.1) is 0 Å². The summed E-state index contributed by atoms with van der Waals surface area (Å²) in [5, 5.41) is 10.3. The SMILES string of the molecule is NCC(c1ccccn1)C(O)c1ccc(C(F)(F)F)cc1. The van der Waals surface area contributed by atoms with Crippen molar-refractivity contribution in [3.05, 3.63) is 65.5 Å². The standard InChI is InChI=1S/C15H15F3N2O/c16-15(17,18)11-6-4-10(5-7-11)14(21)12(9-19)13-3-1-2-8-20-13/h1-8,12,14,21H,9,19H2. The molecule has 0 saturated heterocycles. The Balaban J connectivity index is 2.24. The van der Waals surface area contributed by atoms with E-state index in [9.17, 15) is 18.3 Å². The molecule has 1 heterocycles. The number of hydrogen-bond donors (Lipinski definition) is 2. The van der Waals surface area contributed by atoms with Crippen molar-refractivity contribution in [3.8, 4) is 0 Å². The highest BCUT2D eigenvalue weighted by Crippen LogP contribution is 2.33. The van der Waals surface area contributed by atoms with E-state index < -0.39 is 23.8 Å². The number of aliphatic hydroxyl groups is 1. The van der Waals surface area contributed by atoms with Crippen molar-refractivity contribution in [2.24, 2.45) is 5.73 Å². The van der Waals surface area contributed by atoms with Gasteiger partial charge in [0.2, 0.25) is 0 Å². The first kappa shape index (κ1) is 15.5. The Hall–Kier alpha value is -1.92. The van der Waals surface area contributed by atoms with Crippen LogP contribution in [0.2, 0.25) is 0 Å². The summed E-state index contributed by atoms with van der Waals surface area (Å²) in [6, 6.07) is 9.66. The molecule has 2 rings (SSSR count). The van der Waals surface area contributed by atoms with Gasteiger partial charge in [0.15, 0.2) is 0 Å². The second kappa shape index (κ2) is 6.24. The molecule has 6 heteroatoms. The van der Waals surface area contributed by atoms with E-state index >= 15 is 0 Å². The predicted octanol–water partition coefficient (Wildman–Crippen LogP) is 2.88. The van der Waals surface area contributed by atoms with Gasteiger partial charge < -0.3 is 10.8 Å². The topological polar surface area (TPSA) is 59.1 Å². The number of rotatable bonds is 4. The highest BCUT2D eigenvalue weighted by atomic mass is 19.4. The molecule has 0 aliphatic carbocycles. The molecular weight excluding hydrogens is 281 g/mol. The summed E-state index contributed by atoms with van der Waals surface area (Å²) in [6.45, 7) is 0.138. The molecule has 0 spiro atoms. The number of nitrogens with zero attached hydrogens (tertiary/aromatic N) is 1. The van der Waals surface area contributed by atoms with Gasteiger partial charge in [0.05, 0.1) is 11.7 Å². The van der Waals surface area contributed by atoms with Gasteiger partial charge in [-0.3, -0.25) is 4.98 Å². The fourth-order valence-electron chi connectivity index (χ4n) is 2.11. The Morgan fingerprint density at radius 1 is 1.10 bits per heavy atom. The molecule has 0 bridgehead atoms. The molecule has 1 aromatic heterocycles. The highest BCUT2D eigenvalue weighted by Gasteiger charge is 2.30. The lowest BCUT2D eigenvalue weighted by Crippen LogP contribution is -2.21. The first-order chi connectivity index (χ1) is 9.93.